The number of methoxy groups -OCH3 is 1. The normalized spacial score (nSPS) is 11.6. The van der Waals surface area contributed by atoms with E-state index in [4.69, 9.17) is 9.47 Å². The van der Waals surface area contributed by atoms with E-state index < -0.39 is 0 Å². The van der Waals surface area contributed by atoms with E-state index >= 15 is 0 Å². The van der Waals surface area contributed by atoms with Gasteiger partial charge in [0.15, 0.2) is 22.2 Å². The van der Waals surface area contributed by atoms with E-state index in [1.54, 1.807) is 13.2 Å². The van der Waals surface area contributed by atoms with Gasteiger partial charge in [-0.25, -0.2) is 4.98 Å². The highest BCUT2D eigenvalue weighted by atomic mass is 32.2. The lowest BCUT2D eigenvalue weighted by Crippen LogP contribution is -2.15. The molecule has 2 aromatic carbocycles. The number of aromatic nitrogens is 4. The number of amides is 1. The van der Waals surface area contributed by atoms with Crippen molar-refractivity contribution >= 4 is 34.1 Å². The Morgan fingerprint density at radius 3 is 2.58 bits per heavy atom. The first-order valence-electron chi connectivity index (χ1n) is 11.3. The molecule has 0 fully saturated rings. The average molecular weight is 522 g/mol. The van der Waals surface area contributed by atoms with Gasteiger partial charge in [0.1, 0.15) is 11.5 Å². The molecule has 0 aliphatic rings. The van der Waals surface area contributed by atoms with E-state index in [1.807, 2.05) is 72.3 Å². The first-order valence-corrected chi connectivity index (χ1v) is 13.1. The standard InChI is InChI=1S/C26H27N5O3S2/c1-5-14-31-24(18(3)34-21-12-10-20(33-4)11-13-21)29-30-26(31)36-16-23(32)28-25-27-22(15-35-25)19-8-6-17(2)7-9-19/h5-13,15,18H,1,14,16H2,2-4H3,(H,27,28,32). The van der Waals surface area contributed by atoms with Crippen molar-refractivity contribution in [2.75, 3.05) is 18.2 Å². The van der Waals surface area contributed by atoms with Gasteiger partial charge in [-0.3, -0.25) is 9.36 Å². The fraction of sp³-hybridized carbons (Fsp3) is 0.231. The maximum atomic E-state index is 12.6. The van der Waals surface area contributed by atoms with Crippen LogP contribution in [0.4, 0.5) is 5.13 Å². The van der Waals surface area contributed by atoms with Crippen LogP contribution in [0.25, 0.3) is 11.3 Å². The van der Waals surface area contributed by atoms with E-state index in [0.717, 1.165) is 17.0 Å². The van der Waals surface area contributed by atoms with Crippen molar-refractivity contribution in [3.8, 4) is 22.8 Å². The summed E-state index contributed by atoms with van der Waals surface area (Å²) in [4.78, 5) is 17.1. The van der Waals surface area contributed by atoms with Crippen LogP contribution >= 0.6 is 23.1 Å². The molecule has 4 rings (SSSR count). The number of carbonyl (C=O) groups excluding carboxylic acids is 1. The summed E-state index contributed by atoms with van der Waals surface area (Å²) in [6.07, 6.45) is 1.41. The van der Waals surface area contributed by atoms with E-state index in [1.165, 1.54) is 28.7 Å². The van der Waals surface area contributed by atoms with Gasteiger partial charge in [0.25, 0.3) is 0 Å². The first kappa shape index (κ1) is 25.5. The predicted octanol–water partition coefficient (Wildman–Crippen LogP) is 5.78. The zero-order valence-corrected chi connectivity index (χ0v) is 21.9. The van der Waals surface area contributed by atoms with Crippen LogP contribution in [0, 0.1) is 6.92 Å². The summed E-state index contributed by atoms with van der Waals surface area (Å²) >= 11 is 2.70. The van der Waals surface area contributed by atoms with Gasteiger partial charge in [0.2, 0.25) is 5.91 Å². The van der Waals surface area contributed by atoms with Crippen molar-refractivity contribution in [1.29, 1.82) is 0 Å². The van der Waals surface area contributed by atoms with E-state index in [0.29, 0.717) is 28.4 Å². The van der Waals surface area contributed by atoms with E-state index in [9.17, 15) is 4.79 Å². The summed E-state index contributed by atoms with van der Waals surface area (Å²) in [5.74, 6) is 2.10. The van der Waals surface area contributed by atoms with Gasteiger partial charge in [-0.2, -0.15) is 0 Å². The largest absolute Gasteiger partial charge is 0.497 e. The number of nitrogens with zero attached hydrogens (tertiary/aromatic N) is 4. The smallest absolute Gasteiger partial charge is 0.236 e. The summed E-state index contributed by atoms with van der Waals surface area (Å²) in [5, 5.41) is 14.6. The molecule has 0 aliphatic carbocycles. The topological polar surface area (TPSA) is 91.2 Å². The molecular weight excluding hydrogens is 494 g/mol. The molecule has 1 unspecified atom stereocenters. The van der Waals surface area contributed by atoms with Gasteiger partial charge in [-0.1, -0.05) is 47.7 Å². The highest BCUT2D eigenvalue weighted by Gasteiger charge is 2.20. The fourth-order valence-corrected chi connectivity index (χ4v) is 4.88. The van der Waals surface area contributed by atoms with Crippen LogP contribution in [0.5, 0.6) is 11.5 Å². The Morgan fingerprint density at radius 2 is 1.89 bits per heavy atom. The molecule has 0 aliphatic heterocycles. The highest BCUT2D eigenvalue weighted by Crippen LogP contribution is 2.27. The van der Waals surface area contributed by atoms with E-state index in [2.05, 4.69) is 27.1 Å². The highest BCUT2D eigenvalue weighted by molar-refractivity contribution is 7.99. The Labute approximate surface area is 218 Å². The maximum absolute atomic E-state index is 12.6. The van der Waals surface area contributed by atoms with Crippen LogP contribution in [0.2, 0.25) is 0 Å². The molecule has 1 amide bonds. The lowest BCUT2D eigenvalue weighted by molar-refractivity contribution is -0.113. The molecule has 186 valence electrons. The molecule has 10 heteroatoms. The molecule has 0 saturated carbocycles. The molecule has 0 radical (unpaired) electrons. The molecule has 1 atom stereocenters. The van der Waals surface area contributed by atoms with Crippen LogP contribution in [0.1, 0.15) is 24.4 Å². The van der Waals surface area contributed by atoms with Crippen molar-refractivity contribution in [3.63, 3.8) is 0 Å². The number of thiazole rings is 1. The fourth-order valence-electron chi connectivity index (χ4n) is 3.39. The molecule has 2 aromatic heterocycles. The second kappa shape index (κ2) is 11.9. The van der Waals surface area contributed by atoms with Crippen molar-refractivity contribution in [2.24, 2.45) is 0 Å². The summed E-state index contributed by atoms with van der Waals surface area (Å²) in [7, 11) is 1.62. The number of hydrogen-bond acceptors (Lipinski definition) is 8. The number of benzene rings is 2. The third-order valence-electron chi connectivity index (χ3n) is 5.22. The first-order chi connectivity index (χ1) is 17.5. The van der Waals surface area contributed by atoms with Gasteiger partial charge in [0, 0.05) is 17.5 Å². The van der Waals surface area contributed by atoms with Gasteiger partial charge in [-0.15, -0.1) is 28.1 Å². The number of anilines is 1. The van der Waals surface area contributed by atoms with Crippen LogP contribution in [0.3, 0.4) is 0 Å². The summed E-state index contributed by atoms with van der Waals surface area (Å²) < 4.78 is 13.1. The van der Waals surface area contributed by atoms with Gasteiger partial charge in [-0.05, 0) is 38.1 Å². The molecule has 4 aromatic rings. The molecule has 8 nitrogen and oxygen atoms in total. The lowest BCUT2D eigenvalue weighted by atomic mass is 10.1. The zero-order valence-electron chi connectivity index (χ0n) is 20.3. The minimum absolute atomic E-state index is 0.165. The van der Waals surface area contributed by atoms with Crippen LogP contribution in [-0.4, -0.2) is 38.5 Å². The Morgan fingerprint density at radius 1 is 1.17 bits per heavy atom. The second-order valence-corrected chi connectivity index (χ2v) is 9.72. The summed E-state index contributed by atoms with van der Waals surface area (Å²) in [6.45, 7) is 8.28. The molecule has 1 N–H and O–H groups in total. The molecule has 36 heavy (non-hydrogen) atoms. The Bertz CT molecular complexity index is 1320. The maximum Gasteiger partial charge on any atom is 0.236 e. The average Bonchev–Trinajstić information content (AvgIpc) is 3.51. The number of hydrogen-bond donors (Lipinski definition) is 1. The quantitative estimate of drug-likeness (QED) is 0.198. The monoisotopic (exact) mass is 521 g/mol. The minimum Gasteiger partial charge on any atom is -0.497 e. The van der Waals surface area contributed by atoms with E-state index in [-0.39, 0.29) is 17.8 Å². The zero-order chi connectivity index (χ0) is 25.5. The number of nitrogens with one attached hydrogen (secondary N) is 1. The number of rotatable bonds is 11. The Balaban J connectivity index is 1.37. The van der Waals surface area contributed by atoms with Crippen LogP contribution in [-0.2, 0) is 11.3 Å². The molecule has 0 saturated heterocycles. The summed E-state index contributed by atoms with van der Waals surface area (Å²) in [6, 6.07) is 15.5. The Hall–Kier alpha value is -3.63. The van der Waals surface area contributed by atoms with Gasteiger partial charge < -0.3 is 14.8 Å². The van der Waals surface area contributed by atoms with Crippen molar-refractivity contribution in [3.05, 3.63) is 78.0 Å². The number of aryl methyl sites for hydroxylation is 1. The third kappa shape index (κ3) is 6.32. The molecule has 0 bridgehead atoms. The number of thioether (sulfide) groups is 1. The second-order valence-electron chi connectivity index (χ2n) is 7.92. The minimum atomic E-state index is -0.357. The number of carbonyl (C=O) groups is 1. The predicted molar refractivity (Wildman–Crippen MR) is 144 cm³/mol. The molecule has 0 spiro atoms. The van der Waals surface area contributed by atoms with Crippen molar-refractivity contribution in [1.82, 2.24) is 19.7 Å². The molecule has 2 heterocycles. The van der Waals surface area contributed by atoms with Gasteiger partial charge >= 0.3 is 0 Å². The number of allylic oxidation sites excluding steroid dienone is 1. The lowest BCUT2D eigenvalue weighted by Gasteiger charge is -2.16. The van der Waals surface area contributed by atoms with Crippen molar-refractivity contribution < 1.29 is 14.3 Å². The Kier molecular flexibility index (Phi) is 8.40. The molecular formula is C26H27N5O3S2. The third-order valence-corrected chi connectivity index (χ3v) is 6.95. The van der Waals surface area contributed by atoms with Crippen LogP contribution < -0.4 is 14.8 Å². The number of ether oxygens (including phenoxy) is 2. The van der Waals surface area contributed by atoms with Crippen molar-refractivity contribution in [2.45, 2.75) is 31.7 Å². The SMILES string of the molecule is C=CCn1c(SCC(=O)Nc2nc(-c3ccc(C)cc3)cs2)nnc1C(C)Oc1ccc(OC)cc1. The van der Waals surface area contributed by atoms with Crippen LogP contribution in [0.15, 0.2) is 71.7 Å². The summed E-state index contributed by atoms with van der Waals surface area (Å²) in [5.41, 5.74) is 3.04. The van der Waals surface area contributed by atoms with Gasteiger partial charge in [0.05, 0.1) is 18.6 Å².